The number of carbonyl (C=O) groups excluding carboxylic acids is 1. The molecule has 0 spiro atoms. The van der Waals surface area contributed by atoms with Crippen molar-refractivity contribution in [1.29, 1.82) is 0 Å². The summed E-state index contributed by atoms with van der Waals surface area (Å²) in [6.45, 7) is 2.69. The number of carbonyl (C=O) groups is 2. The van der Waals surface area contributed by atoms with Crippen LogP contribution in [0.15, 0.2) is 23.3 Å². The summed E-state index contributed by atoms with van der Waals surface area (Å²) >= 11 is 1.44. The van der Waals surface area contributed by atoms with Crippen molar-refractivity contribution in [3.05, 3.63) is 29.6 Å². The molecule has 7 heteroatoms. The molecular weight excluding hydrogens is 266 g/mol. The molecule has 2 heterocycles. The van der Waals surface area contributed by atoms with Gasteiger partial charge in [-0.05, 0) is 18.6 Å². The van der Waals surface area contributed by atoms with Gasteiger partial charge in [0.1, 0.15) is 0 Å². The van der Waals surface area contributed by atoms with Gasteiger partial charge < -0.3 is 5.11 Å². The van der Waals surface area contributed by atoms with Crippen molar-refractivity contribution in [3.63, 3.8) is 0 Å². The number of hydrogen-bond acceptors (Lipinski definition) is 4. The van der Waals surface area contributed by atoms with Crippen LogP contribution in [0.25, 0.3) is 0 Å². The van der Waals surface area contributed by atoms with Crippen LogP contribution < -0.4 is 5.32 Å². The van der Waals surface area contributed by atoms with Gasteiger partial charge >= 0.3 is 5.97 Å². The predicted octanol–water partition coefficient (Wildman–Crippen LogP) is 1.41. The topological polar surface area (TPSA) is 93.7 Å². The van der Waals surface area contributed by atoms with Gasteiger partial charge in [0.25, 0.3) is 5.91 Å². The highest BCUT2D eigenvalue weighted by atomic mass is 32.2. The van der Waals surface area contributed by atoms with Gasteiger partial charge in [-0.2, -0.15) is 4.99 Å². The zero-order valence-corrected chi connectivity index (χ0v) is 11.1. The first-order valence-electron chi connectivity index (χ1n) is 5.77. The molecule has 0 aliphatic carbocycles. The lowest BCUT2D eigenvalue weighted by Crippen LogP contribution is -2.12. The van der Waals surface area contributed by atoms with Crippen LogP contribution in [0.5, 0.6) is 0 Å². The Labute approximate surface area is 114 Å². The van der Waals surface area contributed by atoms with Crippen LogP contribution in [0.3, 0.4) is 0 Å². The van der Waals surface area contributed by atoms with E-state index in [1.165, 1.54) is 30.1 Å². The van der Waals surface area contributed by atoms with E-state index in [-0.39, 0.29) is 11.3 Å². The Hall–Kier alpha value is -1.89. The standard InChI is InChI=1S/C12H12N3O3S/c1-2-7-6-14-12(19-7)15-10(16)8-4-3-5-13-9(8)11(17)18/h3-5,7H,2,6H2,1H3,(H,17,18). The maximum Gasteiger partial charge on any atom is 0.355 e. The van der Waals surface area contributed by atoms with E-state index in [1.807, 2.05) is 6.92 Å². The van der Waals surface area contributed by atoms with Gasteiger partial charge in [0.05, 0.1) is 12.1 Å². The molecule has 1 atom stereocenters. The lowest BCUT2D eigenvalue weighted by atomic mass is 10.2. The Balaban J connectivity index is 2.21. The van der Waals surface area contributed by atoms with Gasteiger partial charge in [-0.1, -0.05) is 18.7 Å². The number of thioether (sulfide) groups is 1. The molecule has 1 fully saturated rings. The summed E-state index contributed by atoms with van der Waals surface area (Å²) in [5.41, 5.74) is -0.301. The van der Waals surface area contributed by atoms with Crippen molar-refractivity contribution in [2.45, 2.75) is 18.6 Å². The first-order chi connectivity index (χ1) is 9.11. The van der Waals surface area contributed by atoms with E-state index in [9.17, 15) is 9.59 Å². The molecule has 1 unspecified atom stereocenters. The zero-order valence-electron chi connectivity index (χ0n) is 10.2. The minimum Gasteiger partial charge on any atom is -0.476 e. The number of carboxylic acid groups (broad SMARTS) is 1. The average molecular weight is 278 g/mol. The maximum atomic E-state index is 12.0. The predicted molar refractivity (Wildman–Crippen MR) is 71.6 cm³/mol. The van der Waals surface area contributed by atoms with Crippen molar-refractivity contribution in [1.82, 2.24) is 10.3 Å². The third-order valence-corrected chi connectivity index (χ3v) is 3.84. The summed E-state index contributed by atoms with van der Waals surface area (Å²) in [5.74, 6) is -1.86. The van der Waals surface area contributed by atoms with Crippen LogP contribution in [0, 0.1) is 0 Å². The van der Waals surface area contributed by atoms with Crippen LogP contribution in [-0.2, 0) is 0 Å². The van der Waals surface area contributed by atoms with Crippen LogP contribution in [0.1, 0.15) is 34.2 Å². The van der Waals surface area contributed by atoms with E-state index < -0.39 is 11.9 Å². The Bertz CT molecular complexity index is 545. The molecular formula is C12H12N3O3S. The lowest BCUT2D eigenvalue weighted by molar-refractivity contribution is 0.0685. The molecule has 2 rings (SSSR count). The Morgan fingerprint density at radius 1 is 1.58 bits per heavy atom. The molecule has 1 aromatic heterocycles. The highest BCUT2D eigenvalue weighted by Crippen LogP contribution is 2.22. The minimum absolute atomic E-state index is 0.0155. The maximum absolute atomic E-state index is 12.0. The molecule has 1 radical (unpaired) electrons. The van der Waals surface area contributed by atoms with Crippen LogP contribution in [0.4, 0.5) is 0 Å². The smallest absolute Gasteiger partial charge is 0.355 e. The second-order valence-electron chi connectivity index (χ2n) is 3.89. The molecule has 0 saturated carbocycles. The first-order valence-corrected chi connectivity index (χ1v) is 6.65. The van der Waals surface area contributed by atoms with Crippen LogP contribution in [0.2, 0.25) is 0 Å². The van der Waals surface area contributed by atoms with Gasteiger partial charge in [0.2, 0.25) is 0 Å². The van der Waals surface area contributed by atoms with Crippen LogP contribution in [-0.4, -0.2) is 38.9 Å². The lowest BCUT2D eigenvalue weighted by Gasteiger charge is -2.01. The van der Waals surface area contributed by atoms with Gasteiger partial charge in [0, 0.05) is 11.4 Å². The summed E-state index contributed by atoms with van der Waals surface area (Å²) in [5, 5.41) is 13.9. The SMILES string of the molecule is CCC1C[N]C(=NC(=O)c2cccnc2C(=O)O)S1. The van der Waals surface area contributed by atoms with Crippen molar-refractivity contribution >= 4 is 28.8 Å². The second-order valence-corrected chi connectivity index (χ2v) is 5.16. The van der Waals surface area contributed by atoms with E-state index >= 15 is 0 Å². The summed E-state index contributed by atoms with van der Waals surface area (Å²) in [6.07, 6.45) is 2.28. The van der Waals surface area contributed by atoms with E-state index in [1.54, 1.807) is 0 Å². The number of pyridine rings is 1. The summed E-state index contributed by atoms with van der Waals surface area (Å²) < 4.78 is 0. The number of nitrogens with zero attached hydrogens (tertiary/aromatic N) is 3. The Kier molecular flexibility index (Phi) is 4.16. The number of aliphatic imine (C=N–C) groups is 1. The fraction of sp³-hybridized carbons (Fsp3) is 0.333. The fourth-order valence-electron chi connectivity index (χ4n) is 1.57. The van der Waals surface area contributed by atoms with Gasteiger partial charge in [-0.25, -0.2) is 9.78 Å². The van der Waals surface area contributed by atoms with Gasteiger partial charge in [0.15, 0.2) is 10.9 Å². The molecule has 19 heavy (non-hydrogen) atoms. The largest absolute Gasteiger partial charge is 0.476 e. The molecule has 1 amide bonds. The number of hydrogen-bond donors (Lipinski definition) is 1. The first kappa shape index (κ1) is 13.5. The summed E-state index contributed by atoms with van der Waals surface area (Å²) in [7, 11) is 0. The van der Waals surface area contributed by atoms with Crippen molar-refractivity contribution < 1.29 is 14.7 Å². The molecule has 6 nitrogen and oxygen atoms in total. The van der Waals surface area contributed by atoms with Crippen LogP contribution >= 0.6 is 11.8 Å². The molecule has 1 aliphatic heterocycles. The fourth-order valence-corrected chi connectivity index (χ4v) is 2.47. The van der Waals surface area contributed by atoms with E-state index in [2.05, 4.69) is 15.3 Å². The van der Waals surface area contributed by atoms with Crippen molar-refractivity contribution in [3.8, 4) is 0 Å². The highest BCUT2D eigenvalue weighted by molar-refractivity contribution is 8.14. The number of amidine groups is 1. The number of rotatable bonds is 3. The van der Waals surface area contributed by atoms with Gasteiger partial charge in [-0.3, -0.25) is 10.1 Å². The van der Waals surface area contributed by atoms with E-state index in [0.717, 1.165) is 6.42 Å². The molecule has 99 valence electrons. The number of carboxylic acids is 1. The third kappa shape index (κ3) is 3.11. The molecule has 1 saturated heterocycles. The molecule has 1 aliphatic rings. The minimum atomic E-state index is -1.24. The number of amides is 1. The quantitative estimate of drug-likeness (QED) is 0.902. The van der Waals surface area contributed by atoms with Crippen molar-refractivity contribution in [2.75, 3.05) is 6.54 Å². The third-order valence-electron chi connectivity index (χ3n) is 2.60. The summed E-state index contributed by atoms with van der Waals surface area (Å²) in [6, 6.07) is 2.91. The van der Waals surface area contributed by atoms with Crippen molar-refractivity contribution in [2.24, 2.45) is 4.99 Å². The second kappa shape index (κ2) is 5.83. The molecule has 0 bridgehead atoms. The van der Waals surface area contributed by atoms with E-state index in [0.29, 0.717) is 17.0 Å². The number of aromatic nitrogens is 1. The molecule has 0 aromatic carbocycles. The highest BCUT2D eigenvalue weighted by Gasteiger charge is 2.23. The zero-order chi connectivity index (χ0) is 13.8. The Morgan fingerprint density at radius 3 is 3.00 bits per heavy atom. The normalized spacial score (nSPS) is 20.3. The molecule has 1 aromatic rings. The van der Waals surface area contributed by atoms with E-state index in [4.69, 9.17) is 5.11 Å². The average Bonchev–Trinajstić information content (AvgIpc) is 2.86. The molecule has 1 N–H and O–H groups in total. The Morgan fingerprint density at radius 2 is 2.37 bits per heavy atom. The number of aromatic carboxylic acids is 1. The monoisotopic (exact) mass is 278 g/mol. The summed E-state index contributed by atoms with van der Waals surface area (Å²) in [4.78, 5) is 30.5. The van der Waals surface area contributed by atoms with Gasteiger partial charge in [-0.15, -0.1) is 0 Å².